The predicted molar refractivity (Wildman–Crippen MR) is 83.1 cm³/mol. The zero-order valence-electron chi connectivity index (χ0n) is 11.9. The maximum Gasteiger partial charge on any atom is 0.0781 e. The predicted octanol–water partition coefficient (Wildman–Crippen LogP) is 3.73. The van der Waals surface area contributed by atoms with Gasteiger partial charge in [0.2, 0.25) is 0 Å². The number of anilines is 1. The van der Waals surface area contributed by atoms with Crippen LogP contribution in [0.15, 0.2) is 54.6 Å². The third-order valence-corrected chi connectivity index (χ3v) is 4.19. The summed E-state index contributed by atoms with van der Waals surface area (Å²) in [6, 6.07) is 18.9. The molecule has 104 valence electrons. The molecule has 2 aromatic carbocycles. The summed E-state index contributed by atoms with van der Waals surface area (Å²) in [6.45, 7) is 3.93. The van der Waals surface area contributed by atoms with Crippen LogP contribution in [0.25, 0.3) is 0 Å². The Labute approximate surface area is 120 Å². The molecule has 0 saturated carbocycles. The molecule has 0 aromatic heterocycles. The lowest BCUT2D eigenvalue weighted by molar-refractivity contribution is 0.199. The summed E-state index contributed by atoms with van der Waals surface area (Å²) in [6.07, 6.45) is 0.764. The van der Waals surface area contributed by atoms with Gasteiger partial charge < -0.3 is 10.0 Å². The molecule has 1 saturated heterocycles. The third kappa shape index (κ3) is 2.56. The van der Waals surface area contributed by atoms with Crippen LogP contribution in [0.2, 0.25) is 0 Å². The summed E-state index contributed by atoms with van der Waals surface area (Å²) in [5, 5.41) is 9.92. The molecular formula is C18H21NO. The summed E-state index contributed by atoms with van der Waals surface area (Å²) in [4.78, 5) is 2.40. The van der Waals surface area contributed by atoms with Crippen LogP contribution in [0, 0.1) is 0 Å². The largest absolute Gasteiger partial charge is 0.389 e. The van der Waals surface area contributed by atoms with E-state index in [9.17, 15) is 5.11 Å². The first-order valence-electron chi connectivity index (χ1n) is 7.32. The Morgan fingerprint density at radius 3 is 2.50 bits per heavy atom. The van der Waals surface area contributed by atoms with E-state index in [2.05, 4.69) is 47.4 Å². The van der Waals surface area contributed by atoms with Gasteiger partial charge in [0.1, 0.15) is 0 Å². The van der Waals surface area contributed by atoms with Gasteiger partial charge in [0.15, 0.2) is 0 Å². The monoisotopic (exact) mass is 267 g/mol. The average molecular weight is 267 g/mol. The van der Waals surface area contributed by atoms with Crippen LogP contribution in [-0.4, -0.2) is 18.2 Å². The van der Waals surface area contributed by atoms with Gasteiger partial charge in [-0.25, -0.2) is 0 Å². The number of aliphatic hydroxyl groups is 1. The first kappa shape index (κ1) is 13.2. The van der Waals surface area contributed by atoms with E-state index in [4.69, 9.17) is 0 Å². The zero-order valence-corrected chi connectivity index (χ0v) is 11.9. The second-order valence-corrected chi connectivity index (χ2v) is 5.58. The fourth-order valence-corrected chi connectivity index (χ4v) is 3.11. The average Bonchev–Trinajstić information content (AvgIpc) is 2.98. The molecule has 0 aliphatic carbocycles. The second-order valence-electron chi connectivity index (χ2n) is 5.58. The number of hydrogen-bond acceptors (Lipinski definition) is 2. The Bertz CT molecular complexity index is 565. The van der Waals surface area contributed by atoms with E-state index in [1.165, 1.54) is 17.7 Å². The van der Waals surface area contributed by atoms with Gasteiger partial charge in [-0.05, 0) is 25.0 Å². The minimum atomic E-state index is -0.415. The quantitative estimate of drug-likeness (QED) is 0.916. The van der Waals surface area contributed by atoms with Crippen LogP contribution >= 0.6 is 0 Å². The Hall–Kier alpha value is -1.80. The van der Waals surface area contributed by atoms with Crippen LogP contribution in [0.3, 0.4) is 0 Å². The van der Waals surface area contributed by atoms with E-state index in [0.717, 1.165) is 18.7 Å². The van der Waals surface area contributed by atoms with Crippen molar-refractivity contribution >= 4 is 5.69 Å². The lowest BCUT2D eigenvalue weighted by atomic mass is 9.99. The highest BCUT2D eigenvalue weighted by Gasteiger charge is 2.25. The summed E-state index contributed by atoms with van der Waals surface area (Å²) < 4.78 is 0. The molecule has 2 atom stereocenters. The second kappa shape index (κ2) is 5.68. The number of para-hydroxylation sites is 1. The van der Waals surface area contributed by atoms with Crippen molar-refractivity contribution < 1.29 is 5.11 Å². The molecule has 2 aromatic rings. The van der Waals surface area contributed by atoms with Crippen molar-refractivity contribution in [1.82, 2.24) is 0 Å². The number of benzene rings is 2. The Kier molecular flexibility index (Phi) is 3.75. The first-order valence-corrected chi connectivity index (χ1v) is 7.32. The maximum atomic E-state index is 9.92. The van der Waals surface area contributed by atoms with Gasteiger partial charge in [0, 0.05) is 30.3 Å². The van der Waals surface area contributed by atoms with E-state index in [1.54, 1.807) is 0 Å². The molecule has 1 heterocycles. The number of hydrogen-bond donors (Lipinski definition) is 1. The smallest absolute Gasteiger partial charge is 0.0781 e. The van der Waals surface area contributed by atoms with Crippen molar-refractivity contribution in [3.05, 3.63) is 65.7 Å². The fourth-order valence-electron chi connectivity index (χ4n) is 3.11. The van der Waals surface area contributed by atoms with Crippen molar-refractivity contribution in [2.75, 3.05) is 18.0 Å². The highest BCUT2D eigenvalue weighted by Crippen LogP contribution is 2.34. The van der Waals surface area contributed by atoms with Gasteiger partial charge in [-0.15, -0.1) is 0 Å². The van der Waals surface area contributed by atoms with Crippen molar-refractivity contribution in [1.29, 1.82) is 0 Å². The summed E-state index contributed by atoms with van der Waals surface area (Å²) in [7, 11) is 0. The van der Waals surface area contributed by atoms with Crippen LogP contribution in [0.1, 0.15) is 36.5 Å². The van der Waals surface area contributed by atoms with E-state index < -0.39 is 6.10 Å². The minimum absolute atomic E-state index is 0.415. The SMILES string of the molecule is CC(O)c1ccccc1N1CCC(c2ccccc2)C1. The molecule has 3 rings (SSSR count). The summed E-state index contributed by atoms with van der Waals surface area (Å²) >= 11 is 0. The highest BCUT2D eigenvalue weighted by atomic mass is 16.3. The molecule has 1 aliphatic rings. The topological polar surface area (TPSA) is 23.5 Å². The minimum Gasteiger partial charge on any atom is -0.389 e. The molecule has 0 bridgehead atoms. The van der Waals surface area contributed by atoms with E-state index in [1.807, 2.05) is 19.1 Å². The Morgan fingerprint density at radius 1 is 1.05 bits per heavy atom. The molecule has 0 radical (unpaired) electrons. The first-order chi connectivity index (χ1) is 9.75. The van der Waals surface area contributed by atoms with Crippen molar-refractivity contribution in [3.63, 3.8) is 0 Å². The summed E-state index contributed by atoms with van der Waals surface area (Å²) in [5.74, 6) is 0.596. The molecule has 1 fully saturated rings. The number of aliphatic hydroxyl groups excluding tert-OH is 1. The molecule has 1 aliphatic heterocycles. The molecule has 2 unspecified atom stereocenters. The fraction of sp³-hybridized carbons (Fsp3) is 0.333. The maximum absolute atomic E-state index is 9.92. The highest BCUT2D eigenvalue weighted by molar-refractivity contribution is 5.55. The Balaban J connectivity index is 1.81. The molecule has 0 spiro atoms. The van der Waals surface area contributed by atoms with E-state index in [-0.39, 0.29) is 0 Å². The normalized spacial score (nSPS) is 20.1. The van der Waals surface area contributed by atoms with Crippen molar-refractivity contribution in [2.45, 2.75) is 25.4 Å². The van der Waals surface area contributed by atoms with Crippen LogP contribution in [-0.2, 0) is 0 Å². The van der Waals surface area contributed by atoms with Gasteiger partial charge in [0.05, 0.1) is 6.10 Å². The molecule has 20 heavy (non-hydrogen) atoms. The van der Waals surface area contributed by atoms with Gasteiger partial charge >= 0.3 is 0 Å². The molecule has 0 amide bonds. The number of nitrogens with zero attached hydrogens (tertiary/aromatic N) is 1. The van der Waals surface area contributed by atoms with Crippen molar-refractivity contribution in [3.8, 4) is 0 Å². The standard InChI is InChI=1S/C18H21NO/c1-14(20)17-9-5-6-10-18(17)19-12-11-16(13-19)15-7-3-2-4-8-15/h2-10,14,16,20H,11-13H2,1H3. The zero-order chi connectivity index (χ0) is 13.9. The van der Waals surface area contributed by atoms with E-state index in [0.29, 0.717) is 5.92 Å². The Morgan fingerprint density at radius 2 is 1.75 bits per heavy atom. The molecule has 2 heteroatoms. The molecular weight excluding hydrogens is 246 g/mol. The van der Waals surface area contributed by atoms with E-state index >= 15 is 0 Å². The lowest BCUT2D eigenvalue weighted by Crippen LogP contribution is -2.21. The third-order valence-electron chi connectivity index (χ3n) is 4.19. The van der Waals surface area contributed by atoms with Gasteiger partial charge in [-0.2, -0.15) is 0 Å². The van der Waals surface area contributed by atoms with Crippen LogP contribution in [0.5, 0.6) is 0 Å². The van der Waals surface area contributed by atoms with Crippen LogP contribution in [0.4, 0.5) is 5.69 Å². The van der Waals surface area contributed by atoms with Gasteiger partial charge in [0.25, 0.3) is 0 Å². The number of rotatable bonds is 3. The van der Waals surface area contributed by atoms with Gasteiger partial charge in [-0.3, -0.25) is 0 Å². The lowest BCUT2D eigenvalue weighted by Gasteiger charge is -2.23. The van der Waals surface area contributed by atoms with Crippen LogP contribution < -0.4 is 4.90 Å². The van der Waals surface area contributed by atoms with Gasteiger partial charge in [-0.1, -0.05) is 48.5 Å². The summed E-state index contributed by atoms with van der Waals surface area (Å²) in [5.41, 5.74) is 3.63. The molecule has 1 N–H and O–H groups in total. The molecule has 2 nitrogen and oxygen atoms in total. The van der Waals surface area contributed by atoms with Crippen molar-refractivity contribution in [2.24, 2.45) is 0 Å².